The molecule has 2 heterocycles. The largest absolute Gasteiger partial charge is 0.314 e. The molecule has 0 saturated carbocycles. The summed E-state index contributed by atoms with van der Waals surface area (Å²) in [6.07, 6.45) is 2.72. The predicted octanol–water partition coefficient (Wildman–Crippen LogP) is -0.125. The lowest BCUT2D eigenvalue weighted by atomic mass is 10.1. The molecular weight excluding hydrogens is 200 g/mol. The molecule has 0 aromatic heterocycles. The molecule has 2 rings (SSSR count). The molecule has 2 saturated heterocycles. The Kier molecular flexibility index (Phi) is 4.58. The molecule has 1 atom stereocenters. The maximum Gasteiger partial charge on any atom is 0.0507 e. The fraction of sp³-hybridized carbons (Fsp3) is 1.00. The van der Waals surface area contributed by atoms with Crippen LogP contribution in [0.25, 0.3) is 0 Å². The molecule has 0 amide bonds. The van der Waals surface area contributed by atoms with Crippen LogP contribution < -0.4 is 5.32 Å². The highest BCUT2D eigenvalue weighted by molar-refractivity contribution is 4.78. The average molecular weight is 226 g/mol. The smallest absolute Gasteiger partial charge is 0.0507 e. The van der Waals surface area contributed by atoms with E-state index in [2.05, 4.69) is 34.1 Å². The van der Waals surface area contributed by atoms with Gasteiger partial charge in [-0.15, -0.1) is 0 Å². The predicted molar refractivity (Wildman–Crippen MR) is 67.6 cm³/mol. The highest BCUT2D eigenvalue weighted by Crippen LogP contribution is 2.13. The van der Waals surface area contributed by atoms with Crippen molar-refractivity contribution in [2.45, 2.75) is 18.9 Å². The van der Waals surface area contributed by atoms with E-state index >= 15 is 0 Å². The van der Waals surface area contributed by atoms with Gasteiger partial charge in [0, 0.05) is 38.8 Å². The van der Waals surface area contributed by atoms with Crippen molar-refractivity contribution in [3.8, 4) is 0 Å². The maximum absolute atomic E-state index is 3.41. The summed E-state index contributed by atoms with van der Waals surface area (Å²) in [5, 5.41) is 3.41. The minimum Gasteiger partial charge on any atom is -0.314 e. The van der Waals surface area contributed by atoms with Gasteiger partial charge in [-0.05, 0) is 33.5 Å². The molecule has 0 bridgehead atoms. The van der Waals surface area contributed by atoms with E-state index in [4.69, 9.17) is 0 Å². The van der Waals surface area contributed by atoms with Gasteiger partial charge in [-0.3, -0.25) is 9.80 Å². The van der Waals surface area contributed by atoms with Crippen molar-refractivity contribution in [3.63, 3.8) is 0 Å². The maximum atomic E-state index is 3.41. The van der Waals surface area contributed by atoms with Crippen LogP contribution in [0.15, 0.2) is 0 Å². The molecule has 0 spiro atoms. The molecular formula is C12H26N4. The van der Waals surface area contributed by atoms with E-state index in [1.54, 1.807) is 0 Å². The van der Waals surface area contributed by atoms with E-state index in [9.17, 15) is 0 Å². The molecule has 2 aliphatic rings. The second kappa shape index (κ2) is 5.96. The summed E-state index contributed by atoms with van der Waals surface area (Å²) in [4.78, 5) is 7.56. The van der Waals surface area contributed by atoms with E-state index in [-0.39, 0.29) is 0 Å². The third kappa shape index (κ3) is 3.42. The normalized spacial score (nSPS) is 29.8. The van der Waals surface area contributed by atoms with Gasteiger partial charge in [0.1, 0.15) is 0 Å². The summed E-state index contributed by atoms with van der Waals surface area (Å²) >= 11 is 0. The standard InChI is InChI=1S/C12H26N4/c1-14-7-3-4-12(10-14)15(2)11-16-8-5-13-6-9-16/h12-13H,3-11H2,1-2H3. The van der Waals surface area contributed by atoms with Crippen LogP contribution in [-0.4, -0.2) is 80.8 Å². The Morgan fingerprint density at radius 1 is 1.25 bits per heavy atom. The van der Waals surface area contributed by atoms with Gasteiger partial charge < -0.3 is 10.2 Å². The summed E-state index contributed by atoms with van der Waals surface area (Å²) in [5.41, 5.74) is 0. The number of likely N-dealkylation sites (tertiary alicyclic amines) is 1. The zero-order valence-electron chi connectivity index (χ0n) is 10.8. The minimum atomic E-state index is 0.758. The van der Waals surface area contributed by atoms with Crippen LogP contribution in [0.2, 0.25) is 0 Å². The van der Waals surface area contributed by atoms with Crippen LogP contribution in [0.3, 0.4) is 0 Å². The molecule has 0 aliphatic carbocycles. The summed E-state index contributed by atoms with van der Waals surface area (Å²) < 4.78 is 0. The van der Waals surface area contributed by atoms with Gasteiger partial charge >= 0.3 is 0 Å². The molecule has 1 unspecified atom stereocenters. The fourth-order valence-corrected chi connectivity index (χ4v) is 2.78. The first-order valence-corrected chi connectivity index (χ1v) is 6.57. The van der Waals surface area contributed by atoms with E-state index in [1.165, 1.54) is 39.0 Å². The van der Waals surface area contributed by atoms with Gasteiger partial charge in [-0.1, -0.05) is 0 Å². The van der Waals surface area contributed by atoms with E-state index in [0.29, 0.717) is 0 Å². The van der Waals surface area contributed by atoms with Gasteiger partial charge in [0.2, 0.25) is 0 Å². The van der Waals surface area contributed by atoms with Crippen LogP contribution in [0.5, 0.6) is 0 Å². The third-order valence-electron chi connectivity index (χ3n) is 3.86. The third-order valence-corrected chi connectivity index (χ3v) is 3.86. The Labute approximate surface area is 99.6 Å². The number of likely N-dealkylation sites (N-methyl/N-ethyl adjacent to an activating group) is 2. The van der Waals surface area contributed by atoms with Crippen molar-refractivity contribution < 1.29 is 0 Å². The molecule has 0 aromatic carbocycles. The van der Waals surface area contributed by atoms with Crippen molar-refractivity contribution in [3.05, 3.63) is 0 Å². The molecule has 2 aliphatic heterocycles. The number of piperidine rings is 1. The van der Waals surface area contributed by atoms with Crippen molar-refractivity contribution in [1.29, 1.82) is 0 Å². The summed E-state index contributed by atoms with van der Waals surface area (Å²) in [5.74, 6) is 0. The Morgan fingerprint density at radius 2 is 2.00 bits per heavy atom. The average Bonchev–Trinajstić information content (AvgIpc) is 2.30. The summed E-state index contributed by atoms with van der Waals surface area (Å²) in [7, 11) is 4.52. The first-order chi connectivity index (χ1) is 7.75. The monoisotopic (exact) mass is 226 g/mol. The van der Waals surface area contributed by atoms with Gasteiger partial charge in [-0.2, -0.15) is 0 Å². The number of hydrogen-bond acceptors (Lipinski definition) is 4. The second-order valence-electron chi connectivity index (χ2n) is 5.32. The number of piperazine rings is 1. The molecule has 94 valence electrons. The van der Waals surface area contributed by atoms with Crippen LogP contribution in [0.1, 0.15) is 12.8 Å². The Balaban J connectivity index is 1.75. The first kappa shape index (κ1) is 12.3. The molecule has 4 nitrogen and oxygen atoms in total. The zero-order chi connectivity index (χ0) is 11.4. The Hall–Kier alpha value is -0.160. The SMILES string of the molecule is CN1CCCC(N(C)CN2CCNCC2)C1. The number of nitrogens with zero attached hydrogens (tertiary/aromatic N) is 3. The van der Waals surface area contributed by atoms with Crippen molar-refractivity contribution in [1.82, 2.24) is 20.0 Å². The van der Waals surface area contributed by atoms with Crippen LogP contribution in [0.4, 0.5) is 0 Å². The minimum absolute atomic E-state index is 0.758. The number of rotatable bonds is 3. The molecule has 2 fully saturated rings. The topological polar surface area (TPSA) is 21.8 Å². The first-order valence-electron chi connectivity index (χ1n) is 6.57. The number of hydrogen-bond donors (Lipinski definition) is 1. The van der Waals surface area contributed by atoms with Gasteiger partial charge in [0.05, 0.1) is 6.67 Å². The quantitative estimate of drug-likeness (QED) is 0.724. The van der Waals surface area contributed by atoms with E-state index < -0.39 is 0 Å². The summed E-state index contributed by atoms with van der Waals surface area (Å²) in [6.45, 7) is 8.36. The van der Waals surface area contributed by atoms with E-state index in [0.717, 1.165) is 25.8 Å². The van der Waals surface area contributed by atoms with Crippen molar-refractivity contribution in [2.75, 3.05) is 60.0 Å². The molecule has 1 N–H and O–H groups in total. The fourth-order valence-electron chi connectivity index (χ4n) is 2.78. The zero-order valence-corrected chi connectivity index (χ0v) is 10.8. The van der Waals surface area contributed by atoms with Gasteiger partial charge in [0.25, 0.3) is 0 Å². The van der Waals surface area contributed by atoms with Crippen molar-refractivity contribution in [2.24, 2.45) is 0 Å². The summed E-state index contributed by atoms with van der Waals surface area (Å²) in [6, 6.07) is 0.758. The molecule has 4 heteroatoms. The second-order valence-corrected chi connectivity index (χ2v) is 5.32. The molecule has 0 radical (unpaired) electrons. The molecule has 16 heavy (non-hydrogen) atoms. The van der Waals surface area contributed by atoms with E-state index in [1.807, 2.05) is 0 Å². The molecule has 0 aromatic rings. The van der Waals surface area contributed by atoms with Crippen LogP contribution in [0, 0.1) is 0 Å². The Bertz CT molecular complexity index is 203. The van der Waals surface area contributed by atoms with Gasteiger partial charge in [0.15, 0.2) is 0 Å². The highest BCUT2D eigenvalue weighted by atomic mass is 15.3. The van der Waals surface area contributed by atoms with Crippen LogP contribution in [-0.2, 0) is 0 Å². The van der Waals surface area contributed by atoms with Crippen molar-refractivity contribution >= 4 is 0 Å². The lowest BCUT2D eigenvalue weighted by Gasteiger charge is -2.39. The Morgan fingerprint density at radius 3 is 2.69 bits per heavy atom. The van der Waals surface area contributed by atoms with Crippen LogP contribution >= 0.6 is 0 Å². The lowest BCUT2D eigenvalue weighted by Crippen LogP contribution is -2.52. The lowest BCUT2D eigenvalue weighted by molar-refractivity contribution is 0.0699. The van der Waals surface area contributed by atoms with Gasteiger partial charge in [-0.25, -0.2) is 0 Å². The highest BCUT2D eigenvalue weighted by Gasteiger charge is 2.22. The number of nitrogens with one attached hydrogen (secondary N) is 1.